The van der Waals surface area contributed by atoms with E-state index in [0.29, 0.717) is 10.5 Å². The number of anilines is 1. The van der Waals surface area contributed by atoms with Crippen LogP contribution in [0.1, 0.15) is 66.9 Å². The van der Waals surface area contributed by atoms with E-state index in [9.17, 15) is 53.0 Å². The molecule has 0 fully saturated rings. The van der Waals surface area contributed by atoms with Crippen LogP contribution in [0.25, 0.3) is 0 Å². The molecule has 2 aromatic carbocycles. The van der Waals surface area contributed by atoms with Gasteiger partial charge in [-0.15, -0.1) is 0 Å². The third kappa shape index (κ3) is 18.1. The van der Waals surface area contributed by atoms with Crippen molar-refractivity contribution in [1.82, 2.24) is 25.8 Å². The summed E-state index contributed by atoms with van der Waals surface area (Å²) < 4.78 is 39.9. The number of hydrogen-bond donors (Lipinski definition) is 5. The number of ether oxygens (including phenoxy) is 3. The SMILES string of the molecule is CCOP(=O)(CCN(CC(C(=O)N[C@H](C(=O)N[C@@H](CCCNC(N)=O)C(=O)Nc1ccc(COC(=O)Oc2ccc([N+](=O)[O-])cc2)cc1)C(C)C)N1C(=O)C=CC1=O)C(=O)OC(C)(C)C)OCC. The molecule has 0 bridgehead atoms. The Labute approximate surface area is 392 Å². The minimum atomic E-state index is -3.77. The molecule has 0 radical (unpaired) electrons. The monoisotopic (exact) mass is 974 g/mol. The maximum Gasteiger partial charge on any atom is 0.514 e. The lowest BCUT2D eigenvalue weighted by Crippen LogP contribution is -2.61. The quantitative estimate of drug-likeness (QED) is 0.0178. The largest absolute Gasteiger partial charge is 0.514 e. The van der Waals surface area contributed by atoms with Gasteiger partial charge < -0.3 is 55.2 Å². The molecule has 25 heteroatoms. The van der Waals surface area contributed by atoms with E-state index in [1.54, 1.807) is 48.5 Å². The van der Waals surface area contributed by atoms with Crippen LogP contribution in [-0.2, 0) is 53.7 Å². The van der Waals surface area contributed by atoms with Crippen molar-refractivity contribution in [3.05, 3.63) is 76.4 Å². The molecule has 68 heavy (non-hydrogen) atoms. The first-order valence-corrected chi connectivity index (χ1v) is 23.2. The Morgan fingerprint density at radius 1 is 0.882 bits per heavy atom. The summed E-state index contributed by atoms with van der Waals surface area (Å²) in [4.78, 5) is 117. The number of nitrogens with one attached hydrogen (secondary N) is 4. The van der Waals surface area contributed by atoms with Crippen LogP contribution in [0, 0.1) is 16.0 Å². The highest BCUT2D eigenvalue weighted by atomic mass is 31.2. The normalized spacial score (nSPS) is 13.8. The molecule has 0 saturated heterocycles. The van der Waals surface area contributed by atoms with Gasteiger partial charge in [0.1, 0.15) is 36.1 Å². The number of nitrogens with zero attached hydrogens (tertiary/aromatic N) is 3. The summed E-state index contributed by atoms with van der Waals surface area (Å²) in [6.45, 7) is 9.94. The highest BCUT2D eigenvalue weighted by Gasteiger charge is 2.41. The summed E-state index contributed by atoms with van der Waals surface area (Å²) in [6.07, 6.45) is -0.417. The second-order valence-corrected chi connectivity index (χ2v) is 18.5. The van der Waals surface area contributed by atoms with Gasteiger partial charge in [0.25, 0.3) is 17.5 Å². The molecule has 0 aliphatic carbocycles. The Kier molecular flexibility index (Phi) is 21.1. The zero-order chi connectivity index (χ0) is 50.8. The fourth-order valence-corrected chi connectivity index (χ4v) is 7.85. The van der Waals surface area contributed by atoms with Crippen molar-refractivity contribution >= 4 is 66.8 Å². The van der Waals surface area contributed by atoms with Crippen molar-refractivity contribution in [1.29, 1.82) is 0 Å². The number of hydrogen-bond acceptors (Lipinski definition) is 16. The lowest BCUT2D eigenvalue weighted by atomic mass is 10.0. The Hall–Kier alpha value is -6.91. The van der Waals surface area contributed by atoms with Crippen LogP contribution < -0.4 is 31.7 Å². The number of amides is 8. The van der Waals surface area contributed by atoms with Crippen LogP contribution in [0.15, 0.2) is 60.7 Å². The van der Waals surface area contributed by atoms with Crippen molar-refractivity contribution in [2.24, 2.45) is 11.7 Å². The number of nitro groups is 1. The van der Waals surface area contributed by atoms with Crippen LogP contribution in [0.2, 0.25) is 0 Å². The van der Waals surface area contributed by atoms with E-state index >= 15 is 0 Å². The van der Waals surface area contributed by atoms with Crippen LogP contribution in [-0.4, -0.2) is 125 Å². The molecule has 1 heterocycles. The van der Waals surface area contributed by atoms with Gasteiger partial charge in [0.2, 0.25) is 17.7 Å². The molecule has 0 aromatic heterocycles. The number of urea groups is 1. The summed E-state index contributed by atoms with van der Waals surface area (Å²) in [5.74, 6) is -5.01. The summed E-state index contributed by atoms with van der Waals surface area (Å²) in [5.41, 5.74) is 4.70. The maximum atomic E-state index is 14.3. The van der Waals surface area contributed by atoms with Crippen molar-refractivity contribution in [3.8, 4) is 5.75 Å². The average Bonchev–Trinajstić information content (AvgIpc) is 3.59. The van der Waals surface area contributed by atoms with Crippen molar-refractivity contribution in [2.45, 2.75) is 91.6 Å². The lowest BCUT2D eigenvalue weighted by molar-refractivity contribution is -0.384. The molecule has 372 valence electrons. The van der Waals surface area contributed by atoms with Gasteiger partial charge >= 0.3 is 25.9 Å². The molecule has 8 amide bonds. The van der Waals surface area contributed by atoms with Crippen molar-refractivity contribution in [2.75, 3.05) is 44.3 Å². The third-order valence-electron chi connectivity index (χ3n) is 9.47. The van der Waals surface area contributed by atoms with Gasteiger partial charge in [-0.25, -0.2) is 14.4 Å². The number of rotatable bonds is 25. The smallest absolute Gasteiger partial charge is 0.444 e. The molecular formula is C43H59N8O16P. The molecule has 0 spiro atoms. The molecule has 3 atom stereocenters. The second kappa shape index (κ2) is 25.9. The topological polar surface area (TPSA) is 324 Å². The number of carbonyl (C=O) groups excluding carboxylic acids is 8. The lowest BCUT2D eigenvalue weighted by Gasteiger charge is -2.34. The van der Waals surface area contributed by atoms with Gasteiger partial charge in [-0.3, -0.25) is 43.6 Å². The predicted molar refractivity (Wildman–Crippen MR) is 243 cm³/mol. The highest BCUT2D eigenvalue weighted by Crippen LogP contribution is 2.47. The van der Waals surface area contributed by atoms with E-state index in [1.807, 2.05) is 0 Å². The summed E-state index contributed by atoms with van der Waals surface area (Å²) in [5, 5.41) is 21.2. The van der Waals surface area contributed by atoms with Gasteiger partial charge in [-0.1, -0.05) is 26.0 Å². The van der Waals surface area contributed by atoms with E-state index < -0.39 is 96.5 Å². The highest BCUT2D eigenvalue weighted by molar-refractivity contribution is 7.53. The summed E-state index contributed by atoms with van der Waals surface area (Å²) >= 11 is 0. The predicted octanol–water partition coefficient (Wildman–Crippen LogP) is 4.12. The standard InChI is InChI=1S/C43H59N8O16P/c1-8-64-68(62,65-9-2)24-23-49(41(58)67-43(5,6)7)25-33(50-34(52)20-21-35(50)53)38(55)48-36(27(3)4)39(56)47-32(11-10-22-45-40(44)57)37(54)46-29-14-12-28(13-15-29)26-63-42(59)66-31-18-16-30(17-19-31)51(60)61/h12-21,27,32-33,36H,8-11,22-26H2,1-7H3,(H,46,54)(H,47,56)(H,48,55)(H3,44,45,57)/t32-,33?,36-/m0/s1. The Balaban J connectivity index is 1.82. The molecule has 6 N–H and O–H groups in total. The molecular weight excluding hydrogens is 915 g/mol. The van der Waals surface area contributed by atoms with Gasteiger partial charge in [-0.2, -0.15) is 0 Å². The molecule has 1 aliphatic heterocycles. The molecule has 1 unspecified atom stereocenters. The maximum absolute atomic E-state index is 14.3. The number of primary amides is 1. The van der Waals surface area contributed by atoms with E-state index in [4.69, 9.17) is 29.0 Å². The number of carbonyl (C=O) groups is 8. The number of imide groups is 1. The van der Waals surface area contributed by atoms with Crippen molar-refractivity contribution < 1.29 is 71.1 Å². The van der Waals surface area contributed by atoms with Gasteiger partial charge in [-0.05, 0) is 83.2 Å². The zero-order valence-corrected chi connectivity index (χ0v) is 39.7. The third-order valence-corrected chi connectivity index (χ3v) is 11.5. The number of non-ortho nitro benzene ring substituents is 1. The van der Waals surface area contributed by atoms with Gasteiger partial charge in [0.15, 0.2) is 0 Å². The van der Waals surface area contributed by atoms with E-state index in [1.165, 1.54) is 36.4 Å². The Morgan fingerprint density at radius 2 is 1.49 bits per heavy atom. The van der Waals surface area contributed by atoms with Crippen LogP contribution in [0.4, 0.5) is 25.8 Å². The first-order valence-electron chi connectivity index (χ1n) is 21.5. The average molecular weight is 975 g/mol. The summed E-state index contributed by atoms with van der Waals surface area (Å²) in [6, 6.07) is 5.59. The van der Waals surface area contributed by atoms with E-state index in [-0.39, 0.29) is 69.0 Å². The second-order valence-electron chi connectivity index (χ2n) is 16.3. The molecule has 24 nitrogen and oxygen atoms in total. The molecule has 0 saturated carbocycles. The minimum Gasteiger partial charge on any atom is -0.444 e. The fourth-order valence-electron chi connectivity index (χ4n) is 6.25. The Bertz CT molecular complexity index is 2190. The van der Waals surface area contributed by atoms with Crippen molar-refractivity contribution in [3.63, 3.8) is 0 Å². The number of nitrogens with two attached hydrogens (primary N) is 1. The van der Waals surface area contributed by atoms with Gasteiger partial charge in [0.05, 0.1) is 30.8 Å². The van der Waals surface area contributed by atoms with Crippen LogP contribution in [0.5, 0.6) is 5.75 Å². The van der Waals surface area contributed by atoms with Crippen LogP contribution in [0.3, 0.4) is 0 Å². The zero-order valence-electron chi connectivity index (χ0n) is 38.8. The van der Waals surface area contributed by atoms with E-state index in [2.05, 4.69) is 21.3 Å². The summed E-state index contributed by atoms with van der Waals surface area (Å²) in [7, 11) is -3.77. The van der Waals surface area contributed by atoms with E-state index in [0.717, 1.165) is 29.2 Å². The van der Waals surface area contributed by atoms with Gasteiger partial charge in [0, 0.05) is 43.1 Å². The Morgan fingerprint density at radius 3 is 2.01 bits per heavy atom. The first kappa shape index (κ1) is 55.4. The molecule has 2 aromatic rings. The fraction of sp³-hybridized carbons (Fsp3) is 0.488. The molecule has 3 rings (SSSR count). The van der Waals surface area contributed by atoms with Crippen LogP contribution >= 0.6 is 7.60 Å². The number of benzene rings is 2. The molecule has 1 aliphatic rings. The minimum absolute atomic E-state index is 0.0177. The number of nitro benzene ring substituents is 1. The first-order chi connectivity index (χ1) is 31.9.